The Morgan fingerprint density at radius 1 is 0.388 bits per heavy atom. The molecule has 2 aromatic heterocycles. The highest BCUT2D eigenvalue weighted by atomic mass is 32.1. The van der Waals surface area contributed by atoms with E-state index in [1.807, 2.05) is 11.3 Å². The molecule has 0 aliphatic heterocycles. The average molecular weight is 643 g/mol. The molecule has 8 aromatic carbocycles. The van der Waals surface area contributed by atoms with E-state index < -0.39 is 0 Å². The minimum atomic E-state index is 1.11. The zero-order valence-corrected chi connectivity index (χ0v) is 27.4. The first-order chi connectivity index (χ1) is 24.3. The number of fused-ring (bicyclic) bond motifs is 7. The summed E-state index contributed by atoms with van der Waals surface area (Å²) < 4.78 is 5.00. The fourth-order valence-corrected chi connectivity index (χ4v) is 8.73. The van der Waals surface area contributed by atoms with Crippen LogP contribution in [0.5, 0.6) is 0 Å². The van der Waals surface area contributed by atoms with Gasteiger partial charge in [-0.3, -0.25) is 0 Å². The van der Waals surface area contributed by atoms with Gasteiger partial charge in [0.25, 0.3) is 0 Å². The van der Waals surface area contributed by atoms with E-state index in [1.54, 1.807) is 0 Å². The third-order valence-corrected chi connectivity index (χ3v) is 10.9. The summed E-state index contributed by atoms with van der Waals surface area (Å²) in [4.78, 5) is 2.45. The lowest BCUT2D eigenvalue weighted by Crippen LogP contribution is -2.11. The zero-order chi connectivity index (χ0) is 32.3. The molecular formula is C46H30N2S. The van der Waals surface area contributed by atoms with Crippen molar-refractivity contribution in [3.8, 4) is 16.8 Å². The van der Waals surface area contributed by atoms with Crippen LogP contribution in [0.1, 0.15) is 0 Å². The maximum atomic E-state index is 2.45. The van der Waals surface area contributed by atoms with Gasteiger partial charge in [-0.2, -0.15) is 0 Å². The Bertz CT molecular complexity index is 2840. The van der Waals surface area contributed by atoms with Gasteiger partial charge < -0.3 is 9.47 Å². The van der Waals surface area contributed by atoms with E-state index >= 15 is 0 Å². The number of rotatable bonds is 5. The van der Waals surface area contributed by atoms with Crippen molar-refractivity contribution < 1.29 is 0 Å². The van der Waals surface area contributed by atoms with Gasteiger partial charge in [0.1, 0.15) is 0 Å². The highest BCUT2D eigenvalue weighted by molar-refractivity contribution is 7.25. The van der Waals surface area contributed by atoms with Gasteiger partial charge in [0, 0.05) is 53.6 Å². The lowest BCUT2D eigenvalue weighted by Gasteiger charge is -2.28. The van der Waals surface area contributed by atoms with Gasteiger partial charge in [-0.05, 0) is 70.9 Å². The van der Waals surface area contributed by atoms with Gasteiger partial charge in [0.2, 0.25) is 0 Å². The van der Waals surface area contributed by atoms with E-state index in [-0.39, 0.29) is 0 Å². The third kappa shape index (κ3) is 4.47. The van der Waals surface area contributed by atoms with Crippen molar-refractivity contribution in [2.45, 2.75) is 0 Å². The highest BCUT2D eigenvalue weighted by Crippen LogP contribution is 2.46. The summed E-state index contributed by atoms with van der Waals surface area (Å²) in [5.41, 5.74) is 9.34. The van der Waals surface area contributed by atoms with Crippen LogP contribution >= 0.6 is 11.3 Å². The average Bonchev–Trinajstić information content (AvgIpc) is 3.70. The Hall–Kier alpha value is -6.16. The monoisotopic (exact) mass is 642 g/mol. The first kappa shape index (κ1) is 27.9. The second-order valence-electron chi connectivity index (χ2n) is 12.5. The van der Waals surface area contributed by atoms with E-state index in [0.29, 0.717) is 0 Å². The van der Waals surface area contributed by atoms with Crippen molar-refractivity contribution in [3.05, 3.63) is 182 Å². The van der Waals surface area contributed by atoms with E-state index in [9.17, 15) is 0 Å². The first-order valence-corrected chi connectivity index (χ1v) is 17.5. The van der Waals surface area contributed by atoms with Gasteiger partial charge in [0.15, 0.2) is 0 Å². The van der Waals surface area contributed by atoms with E-state index in [0.717, 1.165) is 22.7 Å². The molecule has 230 valence electrons. The Morgan fingerprint density at radius 3 is 1.90 bits per heavy atom. The number of benzene rings is 8. The number of para-hydroxylation sites is 3. The minimum absolute atomic E-state index is 1.11. The van der Waals surface area contributed by atoms with Crippen LogP contribution in [-0.4, -0.2) is 4.57 Å². The van der Waals surface area contributed by atoms with Crippen molar-refractivity contribution in [2.24, 2.45) is 0 Å². The van der Waals surface area contributed by atoms with Crippen LogP contribution in [0.2, 0.25) is 0 Å². The molecule has 10 rings (SSSR count). The fraction of sp³-hybridized carbons (Fsp3) is 0. The van der Waals surface area contributed by atoms with Crippen LogP contribution in [0.15, 0.2) is 182 Å². The third-order valence-electron chi connectivity index (χ3n) is 9.78. The molecule has 0 bridgehead atoms. The summed E-state index contributed by atoms with van der Waals surface area (Å²) in [5.74, 6) is 0. The largest absolute Gasteiger partial charge is 0.310 e. The van der Waals surface area contributed by atoms with E-state index in [2.05, 4.69) is 191 Å². The highest BCUT2D eigenvalue weighted by Gasteiger charge is 2.21. The molecule has 0 aliphatic carbocycles. The molecule has 3 heteroatoms. The fourth-order valence-electron chi connectivity index (χ4n) is 7.59. The Kier molecular flexibility index (Phi) is 6.39. The van der Waals surface area contributed by atoms with Gasteiger partial charge in [-0.1, -0.05) is 127 Å². The van der Waals surface area contributed by atoms with E-state index in [4.69, 9.17) is 0 Å². The number of hydrogen-bond acceptors (Lipinski definition) is 2. The summed E-state index contributed by atoms with van der Waals surface area (Å²) in [7, 11) is 0. The molecule has 10 aromatic rings. The van der Waals surface area contributed by atoms with Crippen molar-refractivity contribution >= 4 is 81.1 Å². The number of anilines is 3. The van der Waals surface area contributed by atoms with Crippen molar-refractivity contribution in [1.29, 1.82) is 0 Å². The van der Waals surface area contributed by atoms with Crippen LogP contribution in [0.25, 0.3) is 69.6 Å². The molecule has 0 fully saturated rings. The standard InChI is InChI=1S/C46H30N2S/c1-2-15-32(16-3-1)48-43-23-10-7-19-38(43)39-27-25-33(29-44(39)48)47(34-26-28-41-40-20-8-11-24-45(40)49-46(41)30-34)42-22-9-6-18-37(42)36-21-12-14-31-13-4-5-17-35(31)36/h1-30H. The maximum Gasteiger partial charge on any atom is 0.0561 e. The molecule has 0 amide bonds. The molecule has 0 radical (unpaired) electrons. The lowest BCUT2D eigenvalue weighted by molar-refractivity contribution is 1.18. The van der Waals surface area contributed by atoms with Crippen LogP contribution in [-0.2, 0) is 0 Å². The molecule has 0 unspecified atom stereocenters. The minimum Gasteiger partial charge on any atom is -0.310 e. The predicted octanol–water partition coefficient (Wildman–Crippen LogP) is 13.4. The molecular weight excluding hydrogens is 613 g/mol. The molecule has 0 spiro atoms. The number of hydrogen-bond donors (Lipinski definition) is 0. The molecule has 2 heterocycles. The topological polar surface area (TPSA) is 8.17 Å². The Morgan fingerprint density at radius 2 is 1.00 bits per heavy atom. The van der Waals surface area contributed by atoms with Crippen molar-refractivity contribution in [2.75, 3.05) is 4.90 Å². The molecule has 2 nitrogen and oxygen atoms in total. The Labute approximate surface area is 288 Å². The first-order valence-electron chi connectivity index (χ1n) is 16.7. The molecule has 0 saturated carbocycles. The van der Waals surface area contributed by atoms with Gasteiger partial charge in [-0.15, -0.1) is 11.3 Å². The smallest absolute Gasteiger partial charge is 0.0561 e. The molecule has 0 saturated heterocycles. The molecule has 49 heavy (non-hydrogen) atoms. The SMILES string of the molecule is c1ccc(-n2c3ccccc3c3ccc(N(c4ccc5c(c4)sc4ccccc45)c4ccccc4-c4cccc5ccccc45)cc32)cc1. The summed E-state index contributed by atoms with van der Waals surface area (Å²) >= 11 is 1.86. The van der Waals surface area contributed by atoms with Crippen LogP contribution < -0.4 is 4.90 Å². The molecule has 0 atom stereocenters. The Balaban J connectivity index is 1.27. The molecule has 0 aliphatic rings. The second-order valence-corrected chi connectivity index (χ2v) is 13.6. The second kappa shape index (κ2) is 11.2. The number of aromatic nitrogens is 1. The van der Waals surface area contributed by atoms with Crippen molar-refractivity contribution in [3.63, 3.8) is 0 Å². The maximum absolute atomic E-state index is 2.45. The summed E-state index contributed by atoms with van der Waals surface area (Å²) in [6.45, 7) is 0. The quantitative estimate of drug-likeness (QED) is 0.181. The summed E-state index contributed by atoms with van der Waals surface area (Å²) in [6.07, 6.45) is 0. The number of thiophene rings is 1. The normalized spacial score (nSPS) is 11.7. The summed E-state index contributed by atoms with van der Waals surface area (Å²) in [5, 5.41) is 7.59. The zero-order valence-electron chi connectivity index (χ0n) is 26.6. The van der Waals surface area contributed by atoms with Gasteiger partial charge in [0.05, 0.1) is 16.7 Å². The van der Waals surface area contributed by atoms with Gasteiger partial charge >= 0.3 is 0 Å². The number of nitrogens with zero attached hydrogens (tertiary/aromatic N) is 2. The van der Waals surface area contributed by atoms with Crippen LogP contribution in [0.4, 0.5) is 17.1 Å². The summed E-state index contributed by atoms with van der Waals surface area (Å²) in [6, 6.07) is 66.3. The lowest BCUT2D eigenvalue weighted by atomic mass is 9.96. The predicted molar refractivity (Wildman–Crippen MR) is 211 cm³/mol. The van der Waals surface area contributed by atoms with Crippen LogP contribution in [0.3, 0.4) is 0 Å². The van der Waals surface area contributed by atoms with Crippen molar-refractivity contribution in [1.82, 2.24) is 4.57 Å². The van der Waals surface area contributed by atoms with Gasteiger partial charge in [-0.25, -0.2) is 0 Å². The van der Waals surface area contributed by atoms with Crippen LogP contribution in [0, 0.1) is 0 Å². The van der Waals surface area contributed by atoms with E-state index in [1.165, 1.54) is 63.9 Å². The molecule has 0 N–H and O–H groups in total.